The second kappa shape index (κ2) is 7.80. The molecular weight excluding hydrogens is 356 g/mol. The van der Waals surface area contributed by atoms with Crippen molar-refractivity contribution in [2.75, 3.05) is 13.7 Å². The van der Waals surface area contributed by atoms with Gasteiger partial charge in [0, 0.05) is 30.3 Å². The molecule has 0 saturated carbocycles. The van der Waals surface area contributed by atoms with Gasteiger partial charge in [-0.25, -0.2) is 0 Å². The number of aliphatic hydroxyl groups is 1. The fourth-order valence-electron chi connectivity index (χ4n) is 3.78. The Bertz CT molecular complexity index is 927. The van der Waals surface area contributed by atoms with Gasteiger partial charge in [-0.15, -0.1) is 0 Å². The summed E-state index contributed by atoms with van der Waals surface area (Å²) < 4.78 is 5.64. The lowest BCUT2D eigenvalue weighted by atomic mass is 9.83. The van der Waals surface area contributed by atoms with Crippen LogP contribution in [0, 0.1) is 0 Å². The number of nitrogens with one attached hydrogen (secondary N) is 1. The molecule has 2 N–H and O–H groups in total. The van der Waals surface area contributed by atoms with Crippen molar-refractivity contribution in [3.05, 3.63) is 51.9 Å². The molecule has 0 radical (unpaired) electrons. The molecule has 1 aliphatic rings. The Hall–Kier alpha value is -2.60. The number of carbonyl (C=O) groups is 1. The lowest BCUT2D eigenvalue weighted by molar-refractivity contribution is -0.130. The average molecular weight is 384 g/mol. The molecule has 0 spiro atoms. The summed E-state index contributed by atoms with van der Waals surface area (Å²) in [5.74, 6) is 0.747. The summed E-state index contributed by atoms with van der Waals surface area (Å²) >= 11 is 0. The molecule has 2 heterocycles. The van der Waals surface area contributed by atoms with Crippen LogP contribution in [0.15, 0.2) is 35.3 Å². The summed E-state index contributed by atoms with van der Waals surface area (Å²) in [7, 11) is 1.63. The zero-order valence-corrected chi connectivity index (χ0v) is 16.9. The summed E-state index contributed by atoms with van der Waals surface area (Å²) in [6.07, 6.45) is 2.68. The molecule has 0 bridgehead atoms. The number of likely N-dealkylation sites (tertiary alicyclic amines) is 1. The number of methoxy groups -OCH3 is 1. The molecule has 1 unspecified atom stereocenters. The minimum absolute atomic E-state index is 0.0193. The lowest BCUT2D eigenvalue weighted by Crippen LogP contribution is -2.35. The highest BCUT2D eigenvalue weighted by molar-refractivity contribution is 5.79. The maximum Gasteiger partial charge on any atom is 0.255 e. The molecule has 1 aromatic heterocycles. The number of aromatic amines is 1. The van der Waals surface area contributed by atoms with Crippen LogP contribution in [0.4, 0.5) is 0 Å². The zero-order chi connectivity index (χ0) is 20.5. The van der Waals surface area contributed by atoms with E-state index in [-0.39, 0.29) is 29.5 Å². The quantitative estimate of drug-likeness (QED) is 0.830. The monoisotopic (exact) mass is 384 g/mol. The predicted octanol–water partition coefficient (Wildman–Crippen LogP) is 2.83. The smallest absolute Gasteiger partial charge is 0.255 e. The number of amides is 1. The van der Waals surface area contributed by atoms with Gasteiger partial charge in [0.2, 0.25) is 5.91 Å². The Labute approximate surface area is 165 Å². The number of benzene rings is 1. The van der Waals surface area contributed by atoms with E-state index in [0.717, 1.165) is 22.4 Å². The maximum absolute atomic E-state index is 12.5. The second-order valence-electron chi connectivity index (χ2n) is 8.27. The molecule has 6 heteroatoms. The minimum atomic E-state index is -0.192. The van der Waals surface area contributed by atoms with Gasteiger partial charge in [0.15, 0.2) is 0 Å². The van der Waals surface area contributed by atoms with Crippen LogP contribution < -0.4 is 10.3 Å². The van der Waals surface area contributed by atoms with Crippen molar-refractivity contribution in [1.29, 1.82) is 0 Å². The molecule has 1 amide bonds. The van der Waals surface area contributed by atoms with Crippen molar-refractivity contribution in [3.8, 4) is 16.9 Å². The third kappa shape index (κ3) is 3.83. The number of aliphatic hydroxyl groups excluding tert-OH is 1. The van der Waals surface area contributed by atoms with Gasteiger partial charge < -0.3 is 19.7 Å². The fraction of sp³-hybridized carbons (Fsp3) is 0.455. The molecule has 28 heavy (non-hydrogen) atoms. The van der Waals surface area contributed by atoms with Crippen LogP contribution in [0.2, 0.25) is 0 Å². The number of nitrogens with zero attached hydrogens (tertiary/aromatic N) is 1. The van der Waals surface area contributed by atoms with Crippen molar-refractivity contribution >= 4 is 5.91 Å². The zero-order valence-electron chi connectivity index (χ0n) is 16.9. The van der Waals surface area contributed by atoms with Crippen LogP contribution >= 0.6 is 0 Å². The van der Waals surface area contributed by atoms with Gasteiger partial charge in [-0.2, -0.15) is 0 Å². The summed E-state index contributed by atoms with van der Waals surface area (Å²) in [5, 5.41) is 9.64. The SMILES string of the molecule is COc1cc(CN2C(=O)CCC2CO)c(-c2ccc[nH]c2=O)cc1C(C)(C)C. The van der Waals surface area contributed by atoms with E-state index in [1.807, 2.05) is 12.1 Å². The summed E-state index contributed by atoms with van der Waals surface area (Å²) in [5.41, 5.74) is 2.79. The van der Waals surface area contributed by atoms with E-state index >= 15 is 0 Å². The van der Waals surface area contributed by atoms with Gasteiger partial charge in [0.25, 0.3) is 5.56 Å². The van der Waals surface area contributed by atoms with E-state index in [0.29, 0.717) is 24.9 Å². The molecule has 0 aliphatic carbocycles. The van der Waals surface area contributed by atoms with Gasteiger partial charge in [-0.1, -0.05) is 20.8 Å². The van der Waals surface area contributed by atoms with Gasteiger partial charge in [-0.3, -0.25) is 9.59 Å². The first-order valence-electron chi connectivity index (χ1n) is 9.56. The molecule has 1 aromatic carbocycles. The second-order valence-corrected chi connectivity index (χ2v) is 8.27. The molecule has 1 atom stereocenters. The van der Waals surface area contributed by atoms with Gasteiger partial charge in [0.1, 0.15) is 5.75 Å². The third-order valence-electron chi connectivity index (χ3n) is 5.35. The van der Waals surface area contributed by atoms with Gasteiger partial charge in [-0.05, 0) is 47.2 Å². The number of carbonyl (C=O) groups excluding carboxylic acids is 1. The molecule has 2 aromatic rings. The molecule has 1 fully saturated rings. The first-order chi connectivity index (χ1) is 13.3. The van der Waals surface area contributed by atoms with E-state index in [2.05, 4.69) is 25.8 Å². The standard InChI is InChI=1S/C22H28N2O4/c1-22(2,3)18-11-17(16-6-5-9-23-21(16)27)14(10-19(18)28-4)12-24-15(13-25)7-8-20(24)26/h5-6,9-11,15,25H,7-8,12-13H2,1-4H3,(H,23,27). The van der Waals surface area contributed by atoms with Crippen LogP contribution in [-0.4, -0.2) is 40.7 Å². The number of rotatable bonds is 5. The highest BCUT2D eigenvalue weighted by Gasteiger charge is 2.32. The number of hydrogen-bond donors (Lipinski definition) is 2. The van der Waals surface area contributed by atoms with Crippen LogP contribution in [0.1, 0.15) is 44.7 Å². The third-order valence-corrected chi connectivity index (χ3v) is 5.35. The van der Waals surface area contributed by atoms with Crippen molar-refractivity contribution in [2.24, 2.45) is 0 Å². The maximum atomic E-state index is 12.5. The largest absolute Gasteiger partial charge is 0.496 e. The Kier molecular flexibility index (Phi) is 5.61. The molecule has 6 nitrogen and oxygen atoms in total. The number of hydrogen-bond acceptors (Lipinski definition) is 4. The highest BCUT2D eigenvalue weighted by atomic mass is 16.5. The summed E-state index contributed by atoms with van der Waals surface area (Å²) in [6.45, 7) is 6.54. The van der Waals surface area contributed by atoms with Crippen molar-refractivity contribution < 1.29 is 14.6 Å². The minimum Gasteiger partial charge on any atom is -0.496 e. The number of H-pyrrole nitrogens is 1. The van der Waals surface area contributed by atoms with E-state index in [4.69, 9.17) is 4.74 Å². The normalized spacial score (nSPS) is 17.2. The van der Waals surface area contributed by atoms with E-state index < -0.39 is 0 Å². The Morgan fingerprint density at radius 2 is 2.00 bits per heavy atom. The Morgan fingerprint density at radius 1 is 1.25 bits per heavy atom. The number of aromatic nitrogens is 1. The van der Waals surface area contributed by atoms with Crippen LogP contribution in [0.3, 0.4) is 0 Å². The van der Waals surface area contributed by atoms with Crippen LogP contribution in [0.5, 0.6) is 5.75 Å². The molecule has 150 valence electrons. The van der Waals surface area contributed by atoms with Crippen LogP contribution in [0.25, 0.3) is 11.1 Å². The number of pyridine rings is 1. The average Bonchev–Trinajstić information content (AvgIpc) is 3.01. The van der Waals surface area contributed by atoms with Crippen molar-refractivity contribution in [3.63, 3.8) is 0 Å². The Balaban J connectivity index is 2.18. The number of ether oxygens (including phenoxy) is 1. The summed E-state index contributed by atoms with van der Waals surface area (Å²) in [6, 6.07) is 7.29. The van der Waals surface area contributed by atoms with Gasteiger partial charge in [0.05, 0.1) is 19.8 Å². The topological polar surface area (TPSA) is 82.6 Å². The van der Waals surface area contributed by atoms with Crippen molar-refractivity contribution in [2.45, 2.75) is 51.6 Å². The summed E-state index contributed by atoms with van der Waals surface area (Å²) in [4.78, 5) is 29.3. The van der Waals surface area contributed by atoms with Crippen LogP contribution in [-0.2, 0) is 16.8 Å². The van der Waals surface area contributed by atoms with Gasteiger partial charge >= 0.3 is 0 Å². The molecule has 3 rings (SSSR count). The molecular formula is C22H28N2O4. The lowest BCUT2D eigenvalue weighted by Gasteiger charge is -2.28. The van der Waals surface area contributed by atoms with Crippen molar-refractivity contribution in [1.82, 2.24) is 9.88 Å². The Morgan fingerprint density at radius 3 is 2.61 bits per heavy atom. The first kappa shape index (κ1) is 20.1. The van der Waals surface area contributed by atoms with E-state index in [1.54, 1.807) is 30.3 Å². The van der Waals surface area contributed by atoms with E-state index in [1.165, 1.54) is 0 Å². The predicted molar refractivity (Wildman–Crippen MR) is 108 cm³/mol. The fourth-order valence-corrected chi connectivity index (χ4v) is 3.78. The molecule has 1 aliphatic heterocycles. The molecule has 1 saturated heterocycles. The van der Waals surface area contributed by atoms with E-state index in [9.17, 15) is 14.7 Å². The highest BCUT2D eigenvalue weighted by Crippen LogP contribution is 2.38. The first-order valence-corrected chi connectivity index (χ1v) is 9.56.